The second-order valence-electron chi connectivity index (χ2n) is 8.03. The summed E-state index contributed by atoms with van der Waals surface area (Å²) in [6.45, 7) is 3.01. The minimum atomic E-state index is -0.0345. The molecule has 0 radical (unpaired) electrons. The van der Waals surface area contributed by atoms with Crippen LogP contribution in [0.15, 0.2) is 30.5 Å². The average Bonchev–Trinajstić information content (AvgIpc) is 3.49. The van der Waals surface area contributed by atoms with E-state index in [1.807, 2.05) is 34.1 Å². The van der Waals surface area contributed by atoms with Gasteiger partial charge in [-0.2, -0.15) is 0 Å². The fourth-order valence-corrected chi connectivity index (χ4v) is 4.34. The third-order valence-electron chi connectivity index (χ3n) is 6.07. The van der Waals surface area contributed by atoms with Crippen LogP contribution in [-0.2, 0) is 6.54 Å². The summed E-state index contributed by atoms with van der Waals surface area (Å²) >= 11 is 0. The zero-order valence-corrected chi connectivity index (χ0v) is 17.5. The molecule has 2 aliphatic rings. The summed E-state index contributed by atoms with van der Waals surface area (Å²) in [5.41, 5.74) is 1.09. The highest BCUT2D eigenvalue weighted by atomic mass is 16.5. The van der Waals surface area contributed by atoms with Gasteiger partial charge in [-0.1, -0.05) is 5.21 Å². The van der Waals surface area contributed by atoms with Gasteiger partial charge in [-0.3, -0.25) is 14.3 Å². The molecule has 4 rings (SSSR count). The minimum absolute atomic E-state index is 0.0345. The third-order valence-corrected chi connectivity index (χ3v) is 6.07. The van der Waals surface area contributed by atoms with Crippen molar-refractivity contribution in [2.24, 2.45) is 0 Å². The summed E-state index contributed by atoms with van der Waals surface area (Å²) < 4.78 is 6.92. The van der Waals surface area contributed by atoms with Crippen LogP contribution >= 0.6 is 0 Å². The molecule has 0 saturated carbocycles. The number of methoxy groups -OCH3 is 1. The van der Waals surface area contributed by atoms with Gasteiger partial charge in [0.1, 0.15) is 5.75 Å². The van der Waals surface area contributed by atoms with Crippen molar-refractivity contribution in [3.8, 4) is 5.75 Å². The van der Waals surface area contributed by atoms with E-state index in [0.29, 0.717) is 17.8 Å². The number of amides is 2. The van der Waals surface area contributed by atoms with Crippen LogP contribution in [0.3, 0.4) is 0 Å². The zero-order chi connectivity index (χ0) is 20.9. The molecule has 2 saturated heterocycles. The highest BCUT2D eigenvalue weighted by molar-refractivity contribution is 5.94. The molecule has 3 heterocycles. The second-order valence-corrected chi connectivity index (χ2v) is 8.03. The molecule has 2 amide bonds. The van der Waals surface area contributed by atoms with Crippen molar-refractivity contribution in [3.05, 3.63) is 41.7 Å². The molecule has 1 atom stereocenters. The van der Waals surface area contributed by atoms with Gasteiger partial charge >= 0.3 is 0 Å². The zero-order valence-electron chi connectivity index (χ0n) is 17.5. The molecule has 0 bridgehead atoms. The molecule has 160 valence electrons. The summed E-state index contributed by atoms with van der Waals surface area (Å²) in [5, 5.41) is 8.21. The molecule has 30 heavy (non-hydrogen) atoms. The first kappa shape index (κ1) is 20.4. The van der Waals surface area contributed by atoms with Crippen LogP contribution in [-0.4, -0.2) is 69.4 Å². The number of ether oxygens (including phenoxy) is 1. The van der Waals surface area contributed by atoms with Crippen LogP contribution in [0.25, 0.3) is 0 Å². The Bertz CT molecular complexity index is 873. The standard InChI is InChI=1S/C22H29N5O3/c1-30-19-9-7-17(8-10-19)21(28)27-14-3-2-6-18(27)11-15-26-16-20(23-24-26)22(29)25-12-4-5-13-25/h7-10,16,18H,2-6,11-15H2,1H3. The van der Waals surface area contributed by atoms with E-state index in [-0.39, 0.29) is 17.9 Å². The maximum Gasteiger partial charge on any atom is 0.276 e. The van der Waals surface area contributed by atoms with Gasteiger partial charge in [-0.05, 0) is 62.8 Å². The predicted molar refractivity (Wildman–Crippen MR) is 111 cm³/mol. The summed E-state index contributed by atoms with van der Waals surface area (Å²) in [6.07, 6.45) is 7.76. The molecule has 1 unspecified atom stereocenters. The van der Waals surface area contributed by atoms with E-state index in [9.17, 15) is 9.59 Å². The molecule has 2 aromatic rings. The Labute approximate surface area is 176 Å². The molecule has 0 spiro atoms. The first-order valence-electron chi connectivity index (χ1n) is 10.8. The normalized spacial score (nSPS) is 19.2. The van der Waals surface area contributed by atoms with Crippen LogP contribution in [0.4, 0.5) is 0 Å². The van der Waals surface area contributed by atoms with Gasteiger partial charge in [0.25, 0.3) is 11.8 Å². The summed E-state index contributed by atoms with van der Waals surface area (Å²) in [6, 6.07) is 7.44. The number of carbonyl (C=O) groups excluding carboxylic acids is 2. The molecular weight excluding hydrogens is 382 g/mol. The Hall–Kier alpha value is -2.90. The van der Waals surface area contributed by atoms with Crippen molar-refractivity contribution >= 4 is 11.8 Å². The minimum Gasteiger partial charge on any atom is -0.497 e. The van der Waals surface area contributed by atoms with Gasteiger partial charge in [-0.25, -0.2) is 0 Å². The lowest BCUT2D eigenvalue weighted by Gasteiger charge is -2.36. The van der Waals surface area contributed by atoms with Crippen molar-refractivity contribution < 1.29 is 14.3 Å². The average molecular weight is 412 g/mol. The Morgan fingerprint density at radius 2 is 1.77 bits per heavy atom. The fraction of sp³-hybridized carbons (Fsp3) is 0.545. The van der Waals surface area contributed by atoms with Crippen molar-refractivity contribution in [2.45, 2.75) is 51.1 Å². The summed E-state index contributed by atoms with van der Waals surface area (Å²) in [4.78, 5) is 29.3. The van der Waals surface area contributed by atoms with E-state index >= 15 is 0 Å². The van der Waals surface area contributed by atoms with Crippen LogP contribution in [0.1, 0.15) is 59.4 Å². The number of likely N-dealkylation sites (tertiary alicyclic amines) is 2. The number of aryl methyl sites for hydroxylation is 1. The molecule has 0 aliphatic carbocycles. The van der Waals surface area contributed by atoms with Crippen molar-refractivity contribution in [1.82, 2.24) is 24.8 Å². The van der Waals surface area contributed by atoms with E-state index in [2.05, 4.69) is 10.3 Å². The fourth-order valence-electron chi connectivity index (χ4n) is 4.34. The number of benzene rings is 1. The van der Waals surface area contributed by atoms with Crippen LogP contribution in [0.5, 0.6) is 5.75 Å². The van der Waals surface area contributed by atoms with Crippen LogP contribution in [0.2, 0.25) is 0 Å². The third kappa shape index (κ3) is 4.47. The monoisotopic (exact) mass is 411 g/mol. The number of aromatic nitrogens is 3. The number of hydrogen-bond acceptors (Lipinski definition) is 5. The molecular formula is C22H29N5O3. The smallest absolute Gasteiger partial charge is 0.276 e. The molecule has 0 N–H and O–H groups in total. The van der Waals surface area contributed by atoms with E-state index < -0.39 is 0 Å². The Morgan fingerprint density at radius 3 is 2.50 bits per heavy atom. The number of piperidine rings is 1. The quantitative estimate of drug-likeness (QED) is 0.730. The first-order chi connectivity index (χ1) is 14.7. The van der Waals surface area contributed by atoms with E-state index in [4.69, 9.17) is 4.74 Å². The lowest BCUT2D eigenvalue weighted by molar-refractivity contribution is 0.0593. The SMILES string of the molecule is COc1ccc(C(=O)N2CCCCC2CCn2cc(C(=O)N3CCCC3)nn2)cc1. The number of rotatable bonds is 6. The molecule has 1 aromatic heterocycles. The van der Waals surface area contributed by atoms with Crippen molar-refractivity contribution in [3.63, 3.8) is 0 Å². The van der Waals surface area contributed by atoms with Crippen LogP contribution < -0.4 is 4.74 Å². The Balaban J connectivity index is 1.37. The van der Waals surface area contributed by atoms with Crippen molar-refractivity contribution in [2.75, 3.05) is 26.7 Å². The first-order valence-corrected chi connectivity index (χ1v) is 10.8. The van der Waals surface area contributed by atoms with E-state index in [1.54, 1.807) is 18.0 Å². The molecule has 1 aromatic carbocycles. The number of carbonyl (C=O) groups is 2. The maximum atomic E-state index is 13.1. The highest BCUT2D eigenvalue weighted by Crippen LogP contribution is 2.23. The lowest BCUT2D eigenvalue weighted by atomic mass is 9.98. The highest BCUT2D eigenvalue weighted by Gasteiger charge is 2.28. The summed E-state index contributed by atoms with van der Waals surface area (Å²) in [7, 11) is 1.62. The van der Waals surface area contributed by atoms with Crippen molar-refractivity contribution in [1.29, 1.82) is 0 Å². The van der Waals surface area contributed by atoms with Gasteiger partial charge in [0, 0.05) is 37.8 Å². The largest absolute Gasteiger partial charge is 0.497 e. The number of nitrogens with zero attached hydrogens (tertiary/aromatic N) is 5. The van der Waals surface area contributed by atoms with Gasteiger partial charge in [0.15, 0.2) is 5.69 Å². The molecule has 8 heteroatoms. The Kier molecular flexibility index (Phi) is 6.30. The molecule has 8 nitrogen and oxygen atoms in total. The Morgan fingerprint density at radius 1 is 1.03 bits per heavy atom. The van der Waals surface area contributed by atoms with E-state index in [1.165, 1.54) is 0 Å². The van der Waals surface area contributed by atoms with Crippen LogP contribution in [0, 0.1) is 0 Å². The topological polar surface area (TPSA) is 80.6 Å². The van der Waals surface area contributed by atoms with Gasteiger partial charge in [0.05, 0.1) is 13.3 Å². The molecule has 2 fully saturated rings. The predicted octanol–water partition coefficient (Wildman–Crippen LogP) is 2.61. The van der Waals surface area contributed by atoms with Gasteiger partial charge in [-0.15, -0.1) is 5.10 Å². The van der Waals surface area contributed by atoms with Gasteiger partial charge in [0.2, 0.25) is 0 Å². The second kappa shape index (κ2) is 9.28. The van der Waals surface area contributed by atoms with E-state index in [0.717, 1.165) is 63.9 Å². The number of hydrogen-bond donors (Lipinski definition) is 0. The lowest BCUT2D eigenvalue weighted by Crippen LogP contribution is -2.44. The van der Waals surface area contributed by atoms with Gasteiger partial charge < -0.3 is 14.5 Å². The molecule has 2 aliphatic heterocycles. The summed E-state index contributed by atoms with van der Waals surface area (Å²) in [5.74, 6) is 0.769. The maximum absolute atomic E-state index is 13.1.